The van der Waals surface area contributed by atoms with E-state index in [4.69, 9.17) is 18.9 Å². The van der Waals surface area contributed by atoms with E-state index in [1.807, 2.05) is 0 Å². The molecular weight excluding hydrogens is 601 g/mol. The fourth-order valence-corrected chi connectivity index (χ4v) is 5.09. The summed E-state index contributed by atoms with van der Waals surface area (Å²) in [6.45, 7) is 12.4. The number of aliphatic hydroxyl groups is 1. The highest BCUT2D eigenvalue weighted by Gasteiger charge is 2.33. The highest BCUT2D eigenvalue weighted by molar-refractivity contribution is 6.05. The Morgan fingerprint density at radius 2 is 1.67 bits per heavy atom. The van der Waals surface area contributed by atoms with Crippen molar-refractivity contribution in [3.8, 4) is 17.0 Å². The number of nitrogens with zero attached hydrogens (tertiary/aromatic N) is 3. The van der Waals surface area contributed by atoms with Crippen LogP contribution in [0.15, 0.2) is 24.5 Å². The number of halogens is 1. The minimum absolute atomic E-state index is 0.0456. The second kappa shape index (κ2) is 12.2. The van der Waals surface area contributed by atoms with Crippen LogP contribution in [0.5, 0.6) is 5.88 Å². The second-order valence-electron chi connectivity index (χ2n) is 13.2. The lowest BCUT2D eigenvalue weighted by atomic mass is 9.92. The van der Waals surface area contributed by atoms with Crippen LogP contribution in [0.1, 0.15) is 59.9 Å². The summed E-state index contributed by atoms with van der Waals surface area (Å²) in [4.78, 5) is 48.5. The van der Waals surface area contributed by atoms with Gasteiger partial charge in [-0.25, -0.2) is 28.7 Å². The molecule has 0 spiro atoms. The van der Waals surface area contributed by atoms with E-state index in [9.17, 15) is 19.5 Å². The zero-order chi connectivity index (χ0) is 33.6. The van der Waals surface area contributed by atoms with Crippen LogP contribution in [0.2, 0.25) is 0 Å². The van der Waals surface area contributed by atoms with Gasteiger partial charge in [-0.15, -0.1) is 0 Å². The maximum Gasteiger partial charge on any atom is 0.415 e. The van der Waals surface area contributed by atoms with E-state index < -0.39 is 47.5 Å². The van der Waals surface area contributed by atoms with Crippen LogP contribution in [0, 0.1) is 12.7 Å². The molecular formula is C32H38FN5O8. The lowest BCUT2D eigenvalue weighted by molar-refractivity contribution is -0.0308. The summed E-state index contributed by atoms with van der Waals surface area (Å²) in [5, 5.41) is 15.2. The van der Waals surface area contributed by atoms with Gasteiger partial charge in [-0.3, -0.25) is 15.5 Å². The number of carbonyl (C=O) groups excluding carboxylic acids is 3. The van der Waals surface area contributed by atoms with Gasteiger partial charge in [-0.2, -0.15) is 0 Å². The Morgan fingerprint density at radius 3 is 2.33 bits per heavy atom. The molecule has 3 aromatic rings. The van der Waals surface area contributed by atoms with Crippen molar-refractivity contribution in [2.45, 2.75) is 84.7 Å². The van der Waals surface area contributed by atoms with Crippen LogP contribution in [-0.2, 0) is 14.2 Å². The Bertz CT molecular complexity index is 1690. The number of aromatic nitrogens is 2. The van der Waals surface area contributed by atoms with Gasteiger partial charge in [-0.1, -0.05) is 0 Å². The van der Waals surface area contributed by atoms with Crippen LogP contribution in [0.3, 0.4) is 0 Å². The number of rotatable bonds is 4. The molecule has 1 aromatic carbocycles. The average Bonchev–Trinajstić information content (AvgIpc) is 2.92. The molecule has 1 aliphatic heterocycles. The van der Waals surface area contributed by atoms with Crippen molar-refractivity contribution in [1.29, 1.82) is 0 Å². The predicted octanol–water partition coefficient (Wildman–Crippen LogP) is 6.30. The van der Waals surface area contributed by atoms with Gasteiger partial charge in [0, 0.05) is 41.7 Å². The molecule has 13 nitrogen and oxygen atoms in total. The Hall–Kier alpha value is -4.72. The van der Waals surface area contributed by atoms with Crippen molar-refractivity contribution in [3.63, 3.8) is 0 Å². The van der Waals surface area contributed by atoms with E-state index in [1.165, 1.54) is 29.4 Å². The third-order valence-corrected chi connectivity index (χ3v) is 7.16. The number of hydrogen-bond acceptors (Lipinski definition) is 10. The number of ether oxygens (including phenoxy) is 4. The first-order valence-corrected chi connectivity index (χ1v) is 14.9. The molecule has 1 saturated carbocycles. The predicted molar refractivity (Wildman–Crippen MR) is 168 cm³/mol. The zero-order valence-electron chi connectivity index (χ0n) is 26.8. The molecule has 3 amide bonds. The number of nitrogens with one attached hydrogen (secondary N) is 2. The molecule has 0 unspecified atom stereocenters. The van der Waals surface area contributed by atoms with Crippen LogP contribution >= 0.6 is 0 Å². The van der Waals surface area contributed by atoms with Crippen molar-refractivity contribution >= 4 is 46.2 Å². The Balaban J connectivity index is 1.59. The van der Waals surface area contributed by atoms with E-state index >= 15 is 4.39 Å². The SMILES string of the molecule is Cc1c(-c2cc3cc(NC(=O)O[C@H]4C[C@@H](O)C4)ncc3c(NC(=O)OC(C)(C)C)c2F)cnc2c1N(C(=O)OC(C)(C)C)CCO2. The van der Waals surface area contributed by atoms with Crippen LogP contribution in [0.4, 0.5) is 36.0 Å². The number of aliphatic hydroxyl groups excluding tert-OH is 1. The van der Waals surface area contributed by atoms with Gasteiger partial charge >= 0.3 is 18.3 Å². The minimum Gasteiger partial charge on any atom is -0.474 e. The number of carbonyl (C=O) groups is 3. The molecule has 0 atom stereocenters. The van der Waals surface area contributed by atoms with Gasteiger partial charge in [0.05, 0.1) is 18.3 Å². The summed E-state index contributed by atoms with van der Waals surface area (Å²) in [6, 6.07) is 3.04. The molecule has 2 aliphatic rings. The summed E-state index contributed by atoms with van der Waals surface area (Å²) in [6.07, 6.45) is 0.312. The Morgan fingerprint density at radius 1 is 0.978 bits per heavy atom. The van der Waals surface area contributed by atoms with Gasteiger partial charge < -0.3 is 24.1 Å². The molecule has 3 N–H and O–H groups in total. The first-order chi connectivity index (χ1) is 21.5. The maximum atomic E-state index is 16.5. The third-order valence-electron chi connectivity index (χ3n) is 7.16. The van der Waals surface area contributed by atoms with Crippen molar-refractivity contribution in [2.75, 3.05) is 28.7 Å². The lowest BCUT2D eigenvalue weighted by Crippen LogP contribution is -2.42. The number of amides is 3. The molecule has 0 bridgehead atoms. The molecule has 5 rings (SSSR count). The van der Waals surface area contributed by atoms with E-state index in [1.54, 1.807) is 48.5 Å². The number of hydrogen-bond donors (Lipinski definition) is 3. The fraction of sp³-hybridized carbons (Fsp3) is 0.469. The van der Waals surface area contributed by atoms with Crippen molar-refractivity contribution in [2.24, 2.45) is 0 Å². The summed E-state index contributed by atoms with van der Waals surface area (Å²) in [5.41, 5.74) is -0.639. The third kappa shape index (κ3) is 7.22. The van der Waals surface area contributed by atoms with Crippen LogP contribution in [-0.4, -0.2) is 69.9 Å². The van der Waals surface area contributed by atoms with E-state index in [0.29, 0.717) is 35.0 Å². The highest BCUT2D eigenvalue weighted by Crippen LogP contribution is 2.42. The monoisotopic (exact) mass is 639 g/mol. The summed E-state index contributed by atoms with van der Waals surface area (Å²) in [7, 11) is 0. The molecule has 46 heavy (non-hydrogen) atoms. The topological polar surface area (TPSA) is 161 Å². The number of pyridine rings is 2. The smallest absolute Gasteiger partial charge is 0.415 e. The maximum absolute atomic E-state index is 16.5. The largest absolute Gasteiger partial charge is 0.474 e. The van der Waals surface area contributed by atoms with Crippen LogP contribution in [0.25, 0.3) is 21.9 Å². The summed E-state index contributed by atoms with van der Waals surface area (Å²) in [5.74, 6) is -0.489. The van der Waals surface area contributed by atoms with E-state index in [0.717, 1.165) is 0 Å². The number of benzene rings is 1. The normalized spacial score (nSPS) is 17.7. The molecule has 0 saturated heterocycles. The fourth-order valence-electron chi connectivity index (χ4n) is 5.09. The van der Waals surface area contributed by atoms with Crippen LogP contribution < -0.4 is 20.3 Å². The molecule has 1 fully saturated rings. The number of anilines is 3. The minimum atomic E-state index is -0.886. The van der Waals surface area contributed by atoms with Crippen molar-refractivity contribution in [3.05, 3.63) is 35.9 Å². The molecule has 14 heteroatoms. The lowest BCUT2D eigenvalue weighted by Gasteiger charge is -2.32. The van der Waals surface area contributed by atoms with E-state index in [2.05, 4.69) is 20.6 Å². The summed E-state index contributed by atoms with van der Waals surface area (Å²) >= 11 is 0. The first kappa shape index (κ1) is 32.7. The van der Waals surface area contributed by atoms with Gasteiger partial charge in [0.25, 0.3) is 0 Å². The Kier molecular flexibility index (Phi) is 8.69. The number of fused-ring (bicyclic) bond motifs is 2. The first-order valence-electron chi connectivity index (χ1n) is 14.9. The summed E-state index contributed by atoms with van der Waals surface area (Å²) < 4.78 is 38.5. The highest BCUT2D eigenvalue weighted by atomic mass is 19.1. The molecule has 246 valence electrons. The molecule has 2 aromatic heterocycles. The standard InChI is InChI=1S/C32H38FN5O8/c1-16-21(14-35-27-26(16)38(8-9-43-27)30(42)46-32(5,6)7)20-10-17-11-23(36-28(40)44-19-12-18(39)13-19)34-15-22(17)25(24(20)33)37-29(41)45-31(2,3)4/h10-11,14-15,18-19,39H,8-9,12-13H2,1-7H3,(H,37,41)(H,34,36,40)/t18-,19+. The van der Waals surface area contributed by atoms with Gasteiger partial charge in [-0.05, 0) is 71.5 Å². The van der Waals surface area contributed by atoms with E-state index in [-0.39, 0.29) is 41.5 Å². The van der Waals surface area contributed by atoms with Crippen molar-refractivity contribution < 1.29 is 42.8 Å². The second-order valence-corrected chi connectivity index (χ2v) is 13.2. The quantitative estimate of drug-likeness (QED) is 0.276. The van der Waals surface area contributed by atoms with Gasteiger partial charge in [0.1, 0.15) is 35.4 Å². The van der Waals surface area contributed by atoms with Crippen molar-refractivity contribution in [1.82, 2.24) is 9.97 Å². The van der Waals surface area contributed by atoms with Gasteiger partial charge in [0.2, 0.25) is 5.88 Å². The average molecular weight is 640 g/mol. The molecule has 3 heterocycles. The zero-order valence-corrected chi connectivity index (χ0v) is 26.8. The molecule has 0 radical (unpaired) electrons. The Labute approximate surface area is 265 Å². The molecule has 1 aliphatic carbocycles. The van der Waals surface area contributed by atoms with Gasteiger partial charge in [0.15, 0.2) is 5.82 Å².